The van der Waals surface area contributed by atoms with Gasteiger partial charge in [0.2, 0.25) is 6.79 Å². The highest BCUT2D eigenvalue weighted by Gasteiger charge is 2.44. The Kier molecular flexibility index (Phi) is 7.12. The number of ether oxygens (including phenoxy) is 4. The molecule has 0 amide bonds. The van der Waals surface area contributed by atoms with Crippen molar-refractivity contribution in [3.8, 4) is 0 Å². The molecule has 0 unspecified atom stereocenters. The fourth-order valence-electron chi connectivity index (χ4n) is 3.60. The number of rotatable bonds is 8. The molecule has 2 heterocycles. The van der Waals surface area contributed by atoms with Gasteiger partial charge in [0.1, 0.15) is 24.4 Å². The van der Waals surface area contributed by atoms with Crippen LogP contribution in [-0.4, -0.2) is 76.9 Å². The summed E-state index contributed by atoms with van der Waals surface area (Å²) in [5.41, 5.74) is -0.0708. The van der Waals surface area contributed by atoms with Crippen molar-refractivity contribution in [2.24, 2.45) is 5.41 Å². The normalized spacial score (nSPS) is 36.4. The van der Waals surface area contributed by atoms with Crippen molar-refractivity contribution in [2.75, 3.05) is 20.0 Å². The van der Waals surface area contributed by atoms with Crippen LogP contribution in [0.15, 0.2) is 48.0 Å². The lowest BCUT2D eigenvalue weighted by Crippen LogP contribution is -2.59. The van der Waals surface area contributed by atoms with E-state index < -0.39 is 42.7 Å². The highest BCUT2D eigenvalue weighted by atomic mass is 16.7. The van der Waals surface area contributed by atoms with E-state index in [4.69, 9.17) is 18.9 Å². The molecule has 1 aliphatic carbocycles. The topological polar surface area (TPSA) is 135 Å². The number of aliphatic hydroxyl groups is 4. The van der Waals surface area contributed by atoms with Crippen LogP contribution >= 0.6 is 0 Å². The summed E-state index contributed by atoms with van der Waals surface area (Å²) < 4.78 is 21.6. The molecule has 0 aromatic rings. The van der Waals surface area contributed by atoms with E-state index in [1.54, 1.807) is 19.1 Å². The van der Waals surface area contributed by atoms with Gasteiger partial charge in [-0.25, -0.2) is 0 Å². The maximum atomic E-state index is 12.8. The molecule has 0 bridgehead atoms. The molecule has 2 aliphatic heterocycles. The molecule has 0 aromatic heterocycles. The van der Waals surface area contributed by atoms with Gasteiger partial charge in [0, 0.05) is 6.08 Å². The van der Waals surface area contributed by atoms with E-state index in [1.807, 2.05) is 6.08 Å². The number of carbonyl (C=O) groups excluding carboxylic acids is 1. The molecule has 9 heteroatoms. The standard InChI is InChI=1S/C21H28O9/c1-3-5-21(8-14-13(7-16(21)23)28-11-29-14)6-4-12(2)10-27-20-19(26)18(25)17(24)15(9-22)30-20/h3-4,7-8,15,17-20,22,24-26H,1,5-6,9-11H2,2H3/t15-,17-,18+,19-,20-,21-/m1/s1. The molecule has 6 atom stereocenters. The largest absolute Gasteiger partial charge is 0.454 e. The minimum absolute atomic E-state index is 0.0539. The monoisotopic (exact) mass is 424 g/mol. The van der Waals surface area contributed by atoms with Gasteiger partial charge < -0.3 is 39.4 Å². The predicted molar refractivity (Wildman–Crippen MR) is 104 cm³/mol. The van der Waals surface area contributed by atoms with Crippen LogP contribution in [0.3, 0.4) is 0 Å². The third-order valence-corrected chi connectivity index (χ3v) is 5.48. The smallest absolute Gasteiger partial charge is 0.231 e. The predicted octanol–water partition coefficient (Wildman–Crippen LogP) is 0.0566. The summed E-state index contributed by atoms with van der Waals surface area (Å²) in [6, 6.07) is 0. The van der Waals surface area contributed by atoms with E-state index in [2.05, 4.69) is 6.58 Å². The van der Waals surface area contributed by atoms with Crippen molar-refractivity contribution in [2.45, 2.75) is 50.5 Å². The van der Waals surface area contributed by atoms with Gasteiger partial charge in [0.25, 0.3) is 0 Å². The summed E-state index contributed by atoms with van der Waals surface area (Å²) in [7, 11) is 0. The third kappa shape index (κ3) is 4.51. The molecule has 3 rings (SSSR count). The number of fused-ring (bicyclic) bond motifs is 1. The Morgan fingerprint density at radius 3 is 2.67 bits per heavy atom. The fraction of sp³-hybridized carbons (Fsp3) is 0.571. The molecule has 0 radical (unpaired) electrons. The number of carbonyl (C=O) groups is 1. The number of hydrogen-bond donors (Lipinski definition) is 4. The van der Waals surface area contributed by atoms with Crippen molar-refractivity contribution in [3.05, 3.63) is 48.0 Å². The van der Waals surface area contributed by atoms with E-state index in [0.717, 1.165) is 5.57 Å². The van der Waals surface area contributed by atoms with Crippen LogP contribution < -0.4 is 0 Å². The summed E-state index contributed by atoms with van der Waals surface area (Å²) in [6.45, 7) is 5.15. The summed E-state index contributed by atoms with van der Waals surface area (Å²) in [5.74, 6) is 0.872. The van der Waals surface area contributed by atoms with Crippen LogP contribution in [0.4, 0.5) is 0 Å². The Morgan fingerprint density at radius 1 is 1.23 bits per heavy atom. The zero-order chi connectivity index (χ0) is 21.9. The quantitative estimate of drug-likeness (QED) is 0.399. The Morgan fingerprint density at radius 2 is 1.97 bits per heavy atom. The van der Waals surface area contributed by atoms with Gasteiger partial charge in [-0.2, -0.15) is 0 Å². The Bertz CT molecular complexity index is 754. The first-order valence-corrected chi connectivity index (χ1v) is 9.75. The van der Waals surface area contributed by atoms with Crippen LogP contribution in [-0.2, 0) is 23.7 Å². The van der Waals surface area contributed by atoms with Crippen LogP contribution in [0.2, 0.25) is 0 Å². The maximum Gasteiger partial charge on any atom is 0.231 e. The molecule has 0 spiro atoms. The third-order valence-electron chi connectivity index (χ3n) is 5.48. The second kappa shape index (κ2) is 9.42. The lowest BCUT2D eigenvalue weighted by atomic mass is 9.74. The molecule has 0 saturated carbocycles. The van der Waals surface area contributed by atoms with Crippen molar-refractivity contribution >= 4 is 5.78 Å². The van der Waals surface area contributed by atoms with E-state index in [0.29, 0.717) is 24.4 Å². The fourth-order valence-corrected chi connectivity index (χ4v) is 3.60. The van der Waals surface area contributed by atoms with Crippen LogP contribution in [0, 0.1) is 5.41 Å². The summed E-state index contributed by atoms with van der Waals surface area (Å²) in [4.78, 5) is 12.8. The molecular weight excluding hydrogens is 396 g/mol. The Hall–Kier alpha value is -2.01. The van der Waals surface area contributed by atoms with Crippen LogP contribution in [0.5, 0.6) is 0 Å². The first kappa shape index (κ1) is 22.7. The molecule has 9 nitrogen and oxygen atoms in total. The van der Waals surface area contributed by atoms with E-state index in [9.17, 15) is 25.2 Å². The minimum atomic E-state index is -1.50. The molecule has 3 aliphatic rings. The summed E-state index contributed by atoms with van der Waals surface area (Å²) in [5, 5.41) is 38.9. The molecular formula is C21H28O9. The molecule has 4 N–H and O–H groups in total. The first-order valence-electron chi connectivity index (χ1n) is 9.75. The Balaban J connectivity index is 1.64. The van der Waals surface area contributed by atoms with Gasteiger partial charge in [-0.05, 0) is 25.8 Å². The lowest BCUT2D eigenvalue weighted by Gasteiger charge is -2.39. The highest BCUT2D eigenvalue weighted by molar-refractivity contribution is 5.99. The van der Waals surface area contributed by atoms with E-state index in [1.165, 1.54) is 6.08 Å². The average molecular weight is 424 g/mol. The van der Waals surface area contributed by atoms with Crippen molar-refractivity contribution < 1.29 is 44.2 Å². The Labute approximate surface area is 174 Å². The van der Waals surface area contributed by atoms with Gasteiger partial charge in [-0.15, -0.1) is 6.58 Å². The molecule has 2 fully saturated rings. The number of hydrogen-bond acceptors (Lipinski definition) is 9. The molecule has 166 valence electrons. The van der Waals surface area contributed by atoms with Gasteiger partial charge in [-0.1, -0.05) is 17.7 Å². The second-order valence-corrected chi connectivity index (χ2v) is 7.70. The van der Waals surface area contributed by atoms with Gasteiger partial charge in [-0.3, -0.25) is 4.79 Å². The van der Waals surface area contributed by atoms with Crippen LogP contribution in [0.25, 0.3) is 0 Å². The minimum Gasteiger partial charge on any atom is -0.454 e. The molecule has 2 saturated heterocycles. The lowest BCUT2D eigenvalue weighted by molar-refractivity contribution is -0.299. The number of ketones is 1. The highest BCUT2D eigenvalue weighted by Crippen LogP contribution is 2.40. The van der Waals surface area contributed by atoms with Gasteiger partial charge in [0.05, 0.1) is 18.6 Å². The van der Waals surface area contributed by atoms with Crippen molar-refractivity contribution in [1.29, 1.82) is 0 Å². The first-order chi connectivity index (χ1) is 14.3. The molecule has 30 heavy (non-hydrogen) atoms. The SMILES string of the molecule is C=CC[C@@]1(CC=C(C)CO[C@@H]2O[C@H](CO)[C@@H](O)[C@H](O)[C@H]2O)C=C2OCOC2=CC1=O. The van der Waals surface area contributed by atoms with Gasteiger partial charge >= 0.3 is 0 Å². The number of allylic oxidation sites excluding steroid dienone is 4. The van der Waals surface area contributed by atoms with Crippen LogP contribution in [0.1, 0.15) is 19.8 Å². The summed E-state index contributed by atoms with van der Waals surface area (Å²) >= 11 is 0. The zero-order valence-corrected chi connectivity index (χ0v) is 16.8. The average Bonchev–Trinajstić information content (AvgIpc) is 3.17. The van der Waals surface area contributed by atoms with Crippen molar-refractivity contribution in [3.63, 3.8) is 0 Å². The van der Waals surface area contributed by atoms with E-state index in [-0.39, 0.29) is 19.2 Å². The summed E-state index contributed by atoms with van der Waals surface area (Å²) in [6.07, 6.45) is 0.879. The zero-order valence-electron chi connectivity index (χ0n) is 16.8. The van der Waals surface area contributed by atoms with E-state index >= 15 is 0 Å². The number of aliphatic hydroxyl groups excluding tert-OH is 4. The second-order valence-electron chi connectivity index (χ2n) is 7.70. The van der Waals surface area contributed by atoms with Crippen molar-refractivity contribution in [1.82, 2.24) is 0 Å². The maximum absolute atomic E-state index is 12.8. The molecule has 0 aromatic carbocycles. The van der Waals surface area contributed by atoms with Gasteiger partial charge in [0.15, 0.2) is 23.6 Å².